The fraction of sp³-hybridized carbons (Fsp3) is 0.500. The van der Waals surface area contributed by atoms with Gasteiger partial charge in [-0.25, -0.2) is 9.13 Å². The van der Waals surface area contributed by atoms with E-state index in [2.05, 4.69) is 153 Å². The van der Waals surface area contributed by atoms with Crippen LogP contribution in [0.3, 0.4) is 0 Å². The molecular weight excluding hydrogens is 975 g/mol. The van der Waals surface area contributed by atoms with E-state index in [0.717, 1.165) is 67.1 Å². The lowest BCUT2D eigenvalue weighted by Gasteiger charge is -2.35. The molecular formula is C60H80O12P2. The molecule has 2 heterocycles. The first-order chi connectivity index (χ1) is 33.8. The van der Waals surface area contributed by atoms with Crippen LogP contribution >= 0.6 is 15.6 Å². The van der Waals surface area contributed by atoms with Gasteiger partial charge in [0.1, 0.15) is 48.4 Å². The standard InChI is InChI=1S/C60H80O12P2/c1-55(2,3)42-24-21-39(52(59(13,14)15)49(42)35-19-26-46(69-33-37-31-67-37)44(29-35)57(7,8)9)40-23-28-48(71-74(65,66)72-73(62,63)64)51(54(40)61)41-22-25-43(56(4,5)6)50(53(41)60(16,17)18)36-20-27-47(70-34-38-32-68-38)45(30-36)58(10,11)12/h19-30,37-38,61H,31-34H2,1-18H3,(H,65,66)(H2,62,63,64). The molecule has 12 nitrogen and oxygen atoms in total. The van der Waals surface area contributed by atoms with Gasteiger partial charge in [0.2, 0.25) is 0 Å². The molecule has 402 valence electrons. The smallest absolute Gasteiger partial charge is 0.507 e. The quantitative estimate of drug-likeness (QED) is 0.0612. The molecule has 2 fully saturated rings. The van der Waals surface area contributed by atoms with Crippen molar-refractivity contribution < 1.29 is 56.7 Å². The molecule has 0 saturated carbocycles. The summed E-state index contributed by atoms with van der Waals surface area (Å²) in [5, 5.41) is 13.4. The zero-order valence-corrected chi connectivity index (χ0v) is 48.6. The molecule has 0 bridgehead atoms. The van der Waals surface area contributed by atoms with Gasteiger partial charge in [0.15, 0.2) is 0 Å². The van der Waals surface area contributed by atoms with Crippen LogP contribution in [-0.2, 0) is 55.4 Å². The fourth-order valence-corrected chi connectivity index (χ4v) is 11.5. The lowest BCUT2D eigenvalue weighted by molar-refractivity contribution is 0.229. The molecule has 7 rings (SSSR count). The van der Waals surface area contributed by atoms with E-state index in [4.69, 9.17) is 23.5 Å². The van der Waals surface area contributed by atoms with Gasteiger partial charge in [-0.15, -0.1) is 0 Å². The van der Waals surface area contributed by atoms with Crippen molar-refractivity contribution in [2.45, 2.75) is 169 Å². The number of hydrogen-bond acceptors (Lipinski definition) is 9. The highest BCUT2D eigenvalue weighted by molar-refractivity contribution is 7.60. The van der Waals surface area contributed by atoms with Crippen LogP contribution in [0, 0.1) is 0 Å². The Hall–Kier alpha value is -4.48. The van der Waals surface area contributed by atoms with Gasteiger partial charge in [0.05, 0.1) is 18.8 Å². The summed E-state index contributed by atoms with van der Waals surface area (Å²) in [5.74, 6) is 0.944. The number of ether oxygens (including phenoxy) is 4. The van der Waals surface area contributed by atoms with Crippen molar-refractivity contribution in [1.29, 1.82) is 0 Å². The highest BCUT2D eigenvalue weighted by atomic mass is 31.3. The Morgan fingerprint density at radius 2 is 0.838 bits per heavy atom. The van der Waals surface area contributed by atoms with Gasteiger partial charge >= 0.3 is 15.6 Å². The third kappa shape index (κ3) is 13.0. The molecule has 4 N–H and O–H groups in total. The van der Waals surface area contributed by atoms with E-state index in [-0.39, 0.29) is 45.5 Å². The zero-order chi connectivity index (χ0) is 55.1. The van der Waals surface area contributed by atoms with Crippen molar-refractivity contribution >= 4 is 15.6 Å². The van der Waals surface area contributed by atoms with Crippen LogP contribution in [0.25, 0.3) is 44.5 Å². The predicted octanol–water partition coefficient (Wildman–Crippen LogP) is 15.0. The van der Waals surface area contributed by atoms with Crippen LogP contribution in [0.2, 0.25) is 0 Å². The van der Waals surface area contributed by atoms with Crippen LogP contribution in [0.5, 0.6) is 23.0 Å². The van der Waals surface area contributed by atoms with E-state index in [1.807, 2.05) is 36.4 Å². The van der Waals surface area contributed by atoms with Gasteiger partial charge in [0, 0.05) is 16.7 Å². The molecule has 0 amide bonds. The maximum atomic E-state index is 13.7. The van der Waals surface area contributed by atoms with Gasteiger partial charge in [-0.05, 0) is 125 Å². The molecule has 0 spiro atoms. The number of hydrogen-bond donors (Lipinski definition) is 4. The third-order valence-electron chi connectivity index (χ3n) is 13.5. The second kappa shape index (κ2) is 19.8. The number of phenolic OH excluding ortho intramolecular Hbond substituents is 1. The summed E-state index contributed by atoms with van der Waals surface area (Å²) in [6.45, 7) is 40.8. The molecule has 2 aliphatic heterocycles. The number of phenols is 1. The summed E-state index contributed by atoms with van der Waals surface area (Å²) < 4.78 is 59.7. The van der Waals surface area contributed by atoms with E-state index < -0.39 is 31.9 Å². The lowest BCUT2D eigenvalue weighted by Crippen LogP contribution is -2.21. The minimum atomic E-state index is -5.55. The van der Waals surface area contributed by atoms with Crippen LogP contribution in [0.4, 0.5) is 0 Å². The Labute approximate surface area is 440 Å². The molecule has 2 saturated heterocycles. The van der Waals surface area contributed by atoms with Crippen LogP contribution in [0.1, 0.15) is 158 Å². The zero-order valence-electron chi connectivity index (χ0n) is 46.9. The van der Waals surface area contributed by atoms with Crippen molar-refractivity contribution in [3.8, 4) is 67.5 Å². The molecule has 14 heteroatoms. The maximum Gasteiger partial charge on any atom is 0.536 e. The summed E-state index contributed by atoms with van der Waals surface area (Å²) >= 11 is 0. The SMILES string of the molecule is CC(C)(C)c1cc(-c2c(C(C)(C)C)ccc(-c3ccc(OP(=O)(O)OP(=O)(O)O)c(-c4ccc(C(C)(C)C)c(-c5ccc(OCC6CO6)c(C(C)(C)C)c5)c4C(C)(C)C)c3O)c2C(C)(C)C)ccc1OCC1CO1. The highest BCUT2D eigenvalue weighted by Gasteiger charge is 2.39. The number of phosphoric acid groups is 2. The van der Waals surface area contributed by atoms with E-state index in [1.165, 1.54) is 6.07 Å². The average Bonchev–Trinajstić information content (AvgIpc) is 4.18. The van der Waals surface area contributed by atoms with Crippen molar-refractivity contribution in [1.82, 2.24) is 0 Å². The Morgan fingerprint density at radius 1 is 0.473 bits per heavy atom. The Bertz CT molecular complexity index is 3030. The first-order valence-corrected chi connectivity index (χ1v) is 28.6. The fourth-order valence-electron chi connectivity index (χ4n) is 9.94. The third-order valence-corrected chi connectivity index (χ3v) is 15.6. The minimum Gasteiger partial charge on any atom is -0.507 e. The van der Waals surface area contributed by atoms with E-state index in [0.29, 0.717) is 43.1 Å². The van der Waals surface area contributed by atoms with Gasteiger partial charge in [0.25, 0.3) is 0 Å². The number of rotatable bonds is 14. The number of benzene rings is 5. The summed E-state index contributed by atoms with van der Waals surface area (Å²) in [6, 6.07) is 23.7. The molecule has 5 aromatic carbocycles. The molecule has 0 radical (unpaired) electrons. The molecule has 0 aliphatic carbocycles. The first kappa shape index (κ1) is 57.2. The molecule has 2 aliphatic rings. The molecule has 3 unspecified atom stereocenters. The number of epoxide rings is 2. The van der Waals surface area contributed by atoms with Gasteiger partial charge < -0.3 is 38.4 Å². The summed E-state index contributed by atoms with van der Waals surface area (Å²) in [6.07, 6.45) is 0.141. The lowest BCUT2D eigenvalue weighted by atomic mass is 9.70. The number of phosphoric ester groups is 1. The van der Waals surface area contributed by atoms with Crippen LogP contribution in [0.15, 0.2) is 72.8 Å². The average molecular weight is 1060 g/mol. The summed E-state index contributed by atoms with van der Waals surface area (Å²) in [5.41, 5.74) is 8.61. The van der Waals surface area contributed by atoms with E-state index in [9.17, 15) is 28.9 Å². The molecule has 0 aromatic heterocycles. The molecule has 74 heavy (non-hydrogen) atoms. The second-order valence-electron chi connectivity index (χ2n) is 26.2. The second-order valence-corrected chi connectivity index (χ2v) is 29.0. The summed E-state index contributed by atoms with van der Waals surface area (Å²) in [7, 11) is -11.1. The normalized spacial score (nSPS) is 17.5. The van der Waals surface area contributed by atoms with Crippen molar-refractivity contribution in [2.24, 2.45) is 0 Å². The van der Waals surface area contributed by atoms with Gasteiger partial charge in [-0.1, -0.05) is 161 Å². The molecule has 3 atom stereocenters. The maximum absolute atomic E-state index is 13.7. The van der Waals surface area contributed by atoms with Crippen molar-refractivity contribution in [2.75, 3.05) is 26.4 Å². The monoisotopic (exact) mass is 1050 g/mol. The Kier molecular flexibility index (Phi) is 15.3. The Morgan fingerprint density at radius 3 is 1.20 bits per heavy atom. The minimum absolute atomic E-state index is 0.0376. The van der Waals surface area contributed by atoms with Crippen LogP contribution in [-0.4, -0.2) is 58.4 Å². The van der Waals surface area contributed by atoms with Gasteiger partial charge in [-0.3, -0.25) is 4.89 Å². The summed E-state index contributed by atoms with van der Waals surface area (Å²) in [4.78, 5) is 30.6. The first-order valence-electron chi connectivity index (χ1n) is 25.6. The topological polar surface area (TPSA) is 177 Å². The Balaban J connectivity index is 1.59. The van der Waals surface area contributed by atoms with Crippen molar-refractivity contribution in [3.63, 3.8) is 0 Å². The van der Waals surface area contributed by atoms with Crippen molar-refractivity contribution in [3.05, 3.63) is 106 Å². The van der Waals surface area contributed by atoms with E-state index >= 15 is 0 Å². The van der Waals surface area contributed by atoms with E-state index in [1.54, 1.807) is 6.07 Å². The van der Waals surface area contributed by atoms with Gasteiger partial charge in [-0.2, -0.15) is 4.31 Å². The number of aromatic hydroxyl groups is 1. The highest BCUT2D eigenvalue weighted by Crippen LogP contribution is 2.61. The molecule has 5 aromatic rings. The predicted molar refractivity (Wildman–Crippen MR) is 296 cm³/mol. The van der Waals surface area contributed by atoms with Crippen LogP contribution < -0.4 is 14.0 Å². The largest absolute Gasteiger partial charge is 0.536 e.